The molecule has 1 N–H and O–H groups in total. The minimum absolute atomic E-state index is 0.237. The van der Waals surface area contributed by atoms with Gasteiger partial charge in [0, 0.05) is 18.7 Å². The molecule has 0 saturated carbocycles. The Hall–Kier alpha value is -0.550. The van der Waals surface area contributed by atoms with Crippen LogP contribution in [0.5, 0.6) is 0 Å². The largest absolute Gasteiger partial charge is 0.340 e. The molecule has 0 bridgehead atoms. The van der Waals surface area contributed by atoms with Crippen LogP contribution in [0.3, 0.4) is 0 Å². The van der Waals surface area contributed by atoms with Crippen molar-refractivity contribution in [1.29, 1.82) is 0 Å². The van der Waals surface area contributed by atoms with Crippen LogP contribution in [-0.2, 0) is 0 Å². The van der Waals surface area contributed by atoms with Crippen molar-refractivity contribution in [3.63, 3.8) is 0 Å². The number of nitrogens with zero attached hydrogens (tertiary/aromatic N) is 2. The van der Waals surface area contributed by atoms with Gasteiger partial charge in [-0.2, -0.15) is 16.7 Å². The summed E-state index contributed by atoms with van der Waals surface area (Å²) >= 11 is 2.03. The van der Waals surface area contributed by atoms with E-state index in [2.05, 4.69) is 22.4 Å². The zero-order chi connectivity index (χ0) is 11.4. The van der Waals surface area contributed by atoms with E-state index in [1.165, 1.54) is 24.3 Å². The minimum Gasteiger partial charge on any atom is -0.340 e. The third-order valence-electron chi connectivity index (χ3n) is 2.86. The van der Waals surface area contributed by atoms with Crippen molar-refractivity contribution in [2.24, 2.45) is 0 Å². The van der Waals surface area contributed by atoms with Crippen molar-refractivity contribution >= 4 is 11.8 Å². The zero-order valence-electron chi connectivity index (χ0n) is 9.90. The highest BCUT2D eigenvalue weighted by Crippen LogP contribution is 2.21. The van der Waals surface area contributed by atoms with Gasteiger partial charge in [-0.05, 0) is 25.0 Å². The molecule has 1 aliphatic rings. The summed E-state index contributed by atoms with van der Waals surface area (Å²) in [6, 6.07) is 0.837. The molecule has 16 heavy (non-hydrogen) atoms. The predicted octanol–water partition coefficient (Wildman–Crippen LogP) is 2.31. The van der Waals surface area contributed by atoms with Gasteiger partial charge in [0.1, 0.15) is 0 Å². The number of hydrogen-bond donors (Lipinski definition) is 1. The van der Waals surface area contributed by atoms with Crippen LogP contribution in [0.4, 0.5) is 0 Å². The van der Waals surface area contributed by atoms with Crippen LogP contribution >= 0.6 is 11.8 Å². The van der Waals surface area contributed by atoms with Crippen molar-refractivity contribution in [2.45, 2.75) is 45.2 Å². The fraction of sp³-hybridized carbons (Fsp3) is 0.818. The third-order valence-corrected chi connectivity index (χ3v) is 4.08. The third kappa shape index (κ3) is 2.98. The molecular formula is C11H19N3OS. The van der Waals surface area contributed by atoms with E-state index in [4.69, 9.17) is 4.52 Å². The Labute approximate surface area is 101 Å². The summed E-state index contributed by atoms with van der Waals surface area (Å²) in [6.07, 6.45) is 3.57. The first-order valence-electron chi connectivity index (χ1n) is 5.93. The number of aromatic nitrogens is 2. The quantitative estimate of drug-likeness (QED) is 0.876. The van der Waals surface area contributed by atoms with E-state index in [0.717, 1.165) is 12.2 Å². The summed E-state index contributed by atoms with van der Waals surface area (Å²) in [6.45, 7) is 3.99. The van der Waals surface area contributed by atoms with E-state index >= 15 is 0 Å². The van der Waals surface area contributed by atoms with Gasteiger partial charge in [0.2, 0.25) is 5.89 Å². The maximum Gasteiger partial charge on any atom is 0.223 e. The van der Waals surface area contributed by atoms with E-state index in [-0.39, 0.29) is 6.04 Å². The molecule has 5 heteroatoms. The monoisotopic (exact) mass is 241 g/mol. The Morgan fingerprint density at radius 3 is 3.06 bits per heavy atom. The number of thioether (sulfide) groups is 1. The maximum absolute atomic E-state index is 5.03. The first kappa shape index (κ1) is 11.9. The summed E-state index contributed by atoms with van der Waals surface area (Å²) in [5.41, 5.74) is 0. The molecule has 2 heterocycles. The smallest absolute Gasteiger partial charge is 0.223 e. The molecule has 1 aromatic rings. The van der Waals surface area contributed by atoms with Crippen molar-refractivity contribution in [1.82, 2.24) is 15.5 Å². The van der Waals surface area contributed by atoms with Gasteiger partial charge in [-0.25, -0.2) is 0 Å². The van der Waals surface area contributed by atoms with Gasteiger partial charge < -0.3 is 9.84 Å². The summed E-state index contributed by atoms with van der Waals surface area (Å²) in [5, 5.41) is 7.63. The van der Waals surface area contributed by atoms with Gasteiger partial charge >= 0.3 is 0 Å². The van der Waals surface area contributed by atoms with Gasteiger partial charge in [-0.1, -0.05) is 12.1 Å². The van der Waals surface area contributed by atoms with Crippen LogP contribution in [0.1, 0.15) is 43.9 Å². The number of aryl methyl sites for hydroxylation is 1. The predicted molar refractivity (Wildman–Crippen MR) is 65.5 cm³/mol. The van der Waals surface area contributed by atoms with Gasteiger partial charge in [-0.15, -0.1) is 0 Å². The Balaban J connectivity index is 1.94. The normalized spacial score (nSPS) is 23.2. The maximum atomic E-state index is 5.03. The first-order valence-corrected chi connectivity index (χ1v) is 7.09. The van der Waals surface area contributed by atoms with Crippen LogP contribution in [0.15, 0.2) is 4.52 Å². The summed E-state index contributed by atoms with van der Waals surface area (Å²) < 4.78 is 5.03. The Bertz CT molecular complexity index is 323. The Kier molecular flexibility index (Phi) is 4.23. The molecule has 1 aliphatic heterocycles. The number of hydrogen-bond acceptors (Lipinski definition) is 5. The lowest BCUT2D eigenvalue weighted by atomic mass is 10.1. The molecule has 1 saturated heterocycles. The van der Waals surface area contributed by atoms with Crippen LogP contribution < -0.4 is 5.32 Å². The molecule has 0 radical (unpaired) electrons. The Morgan fingerprint density at radius 1 is 1.62 bits per heavy atom. The van der Waals surface area contributed by atoms with E-state index in [1.807, 2.05) is 18.7 Å². The molecule has 4 nitrogen and oxygen atoms in total. The van der Waals surface area contributed by atoms with E-state index in [1.54, 1.807) is 0 Å². The fourth-order valence-corrected chi connectivity index (χ4v) is 3.07. The lowest BCUT2D eigenvalue weighted by Gasteiger charge is -2.26. The molecule has 1 fully saturated rings. The van der Waals surface area contributed by atoms with Gasteiger partial charge in [0.05, 0.1) is 6.04 Å². The molecule has 1 aromatic heterocycles. The standard InChI is InChI=1S/C11H19N3OS/c1-3-10(11-12-8(2)15-14-11)13-9-5-4-6-16-7-9/h9-10,13H,3-7H2,1-2H3/t9-,10+/m0/s1. The second kappa shape index (κ2) is 5.68. The number of nitrogens with one attached hydrogen (secondary N) is 1. The van der Waals surface area contributed by atoms with Crippen molar-refractivity contribution < 1.29 is 4.52 Å². The molecule has 2 atom stereocenters. The average Bonchev–Trinajstić information content (AvgIpc) is 2.74. The van der Waals surface area contributed by atoms with Crippen molar-refractivity contribution in [2.75, 3.05) is 11.5 Å². The molecule has 0 aliphatic carbocycles. The molecule has 0 spiro atoms. The van der Waals surface area contributed by atoms with Crippen LogP contribution in [-0.4, -0.2) is 27.7 Å². The minimum atomic E-state index is 0.237. The van der Waals surface area contributed by atoms with Gasteiger partial charge in [-0.3, -0.25) is 0 Å². The van der Waals surface area contributed by atoms with Crippen LogP contribution in [0.2, 0.25) is 0 Å². The van der Waals surface area contributed by atoms with Crippen LogP contribution in [0, 0.1) is 6.92 Å². The topological polar surface area (TPSA) is 51.0 Å². The first-order chi connectivity index (χ1) is 7.79. The summed E-state index contributed by atoms with van der Waals surface area (Å²) in [5.74, 6) is 3.95. The second-order valence-electron chi connectivity index (χ2n) is 4.21. The molecule has 90 valence electrons. The SMILES string of the molecule is CC[C@@H](N[C@H]1CCCSC1)c1noc(C)n1. The lowest BCUT2D eigenvalue weighted by Crippen LogP contribution is -2.36. The molecule has 2 rings (SSSR count). The van der Waals surface area contributed by atoms with Gasteiger partial charge in [0.15, 0.2) is 5.82 Å². The van der Waals surface area contributed by atoms with E-state index in [9.17, 15) is 0 Å². The highest BCUT2D eigenvalue weighted by Gasteiger charge is 2.21. The molecule has 0 amide bonds. The Morgan fingerprint density at radius 2 is 2.50 bits per heavy atom. The summed E-state index contributed by atoms with van der Waals surface area (Å²) in [4.78, 5) is 4.30. The van der Waals surface area contributed by atoms with Crippen molar-refractivity contribution in [3.8, 4) is 0 Å². The molecule has 0 unspecified atom stereocenters. The van der Waals surface area contributed by atoms with Crippen molar-refractivity contribution in [3.05, 3.63) is 11.7 Å². The van der Waals surface area contributed by atoms with E-state index < -0.39 is 0 Å². The number of rotatable bonds is 4. The van der Waals surface area contributed by atoms with E-state index in [0.29, 0.717) is 11.9 Å². The zero-order valence-corrected chi connectivity index (χ0v) is 10.7. The lowest BCUT2D eigenvalue weighted by molar-refractivity contribution is 0.362. The van der Waals surface area contributed by atoms with Gasteiger partial charge in [0.25, 0.3) is 0 Å². The summed E-state index contributed by atoms with van der Waals surface area (Å²) in [7, 11) is 0. The van der Waals surface area contributed by atoms with Crippen LogP contribution in [0.25, 0.3) is 0 Å². The molecular weight excluding hydrogens is 222 g/mol. The second-order valence-corrected chi connectivity index (χ2v) is 5.36. The molecule has 0 aromatic carbocycles. The fourth-order valence-electron chi connectivity index (χ4n) is 1.99. The highest BCUT2D eigenvalue weighted by molar-refractivity contribution is 7.99. The average molecular weight is 241 g/mol. The highest BCUT2D eigenvalue weighted by atomic mass is 32.2.